The Morgan fingerprint density at radius 2 is 1.82 bits per heavy atom. The summed E-state index contributed by atoms with van der Waals surface area (Å²) in [6, 6.07) is 17.7. The number of benzene rings is 2. The number of carbonyl (C=O) groups excluding carboxylic acids is 1. The van der Waals surface area contributed by atoms with E-state index >= 15 is 0 Å². The van der Waals surface area contributed by atoms with Gasteiger partial charge in [-0.05, 0) is 77.2 Å². The van der Waals surface area contributed by atoms with Crippen LogP contribution >= 0.6 is 46.5 Å². The van der Waals surface area contributed by atoms with Crippen LogP contribution in [0, 0.1) is 0 Å². The lowest BCUT2D eigenvalue weighted by Gasteiger charge is -2.28. The minimum atomic E-state index is -1.18. The summed E-state index contributed by atoms with van der Waals surface area (Å²) in [5.74, 6) is 0.472. The van der Waals surface area contributed by atoms with Gasteiger partial charge in [0.1, 0.15) is 11.5 Å². The molecule has 2 aromatic carbocycles. The molecule has 0 fully saturated rings. The van der Waals surface area contributed by atoms with E-state index in [1.807, 2.05) is 29.0 Å². The number of rotatable bonds is 8. The van der Waals surface area contributed by atoms with Crippen LogP contribution in [-0.4, -0.2) is 26.8 Å². The highest BCUT2D eigenvalue weighted by Gasteiger charge is 2.38. The van der Waals surface area contributed by atoms with E-state index in [0.29, 0.717) is 34.8 Å². The molecule has 0 spiro atoms. The normalized spacial score (nSPS) is 23.5. The maximum absolute atomic E-state index is 13.3. The summed E-state index contributed by atoms with van der Waals surface area (Å²) < 4.78 is 17.1. The Hall–Kier alpha value is -2.52. The summed E-state index contributed by atoms with van der Waals surface area (Å²) in [5.41, 5.74) is 0.868. The Labute approximate surface area is 214 Å². The van der Waals surface area contributed by atoms with Crippen molar-refractivity contribution in [1.29, 1.82) is 0 Å². The van der Waals surface area contributed by atoms with Crippen LogP contribution in [0.25, 0.3) is 0 Å². The van der Waals surface area contributed by atoms with Gasteiger partial charge in [-0.25, -0.2) is 0 Å². The van der Waals surface area contributed by atoms with Crippen molar-refractivity contribution >= 4 is 52.2 Å². The van der Waals surface area contributed by atoms with Gasteiger partial charge in [0.05, 0.1) is 11.3 Å². The van der Waals surface area contributed by atoms with Gasteiger partial charge in [-0.3, -0.25) is 4.79 Å². The van der Waals surface area contributed by atoms with Gasteiger partial charge in [0.15, 0.2) is 15.9 Å². The predicted octanol–water partition coefficient (Wildman–Crippen LogP) is 7.20. The van der Waals surface area contributed by atoms with Crippen LogP contribution < -0.4 is 14.2 Å². The SMILES string of the molecule is O=C(c1ccc(OC2(Oc3cccs3)C=CSC2)cc1)c1ccccc1OC1(Cl)CC=C(O)S1. The summed E-state index contributed by atoms with van der Waals surface area (Å²) in [6.45, 7) is 0. The number of ketones is 1. The number of hydrogen-bond acceptors (Lipinski definition) is 8. The monoisotopic (exact) mass is 530 g/mol. The third kappa shape index (κ3) is 5.10. The molecular formula is C25H19ClO5S3. The number of ether oxygens (including phenoxy) is 3. The highest BCUT2D eigenvalue weighted by Crippen LogP contribution is 2.46. The number of thiophene rings is 1. The third-order valence-electron chi connectivity index (χ3n) is 5.05. The summed E-state index contributed by atoms with van der Waals surface area (Å²) in [5, 5.41) is 14.5. The number of thioether (sulfide) groups is 2. The Bertz CT molecular complexity index is 1240. The van der Waals surface area contributed by atoms with E-state index in [1.54, 1.807) is 66.4 Å². The first-order chi connectivity index (χ1) is 16.4. The van der Waals surface area contributed by atoms with E-state index in [4.69, 9.17) is 25.8 Å². The predicted molar refractivity (Wildman–Crippen MR) is 138 cm³/mol. The number of carbonyl (C=O) groups is 1. The fourth-order valence-corrected chi connectivity index (χ4v) is 6.11. The summed E-state index contributed by atoms with van der Waals surface area (Å²) in [7, 11) is 0. The average Bonchev–Trinajstić information content (AvgIpc) is 3.57. The first kappa shape index (κ1) is 23.2. The lowest BCUT2D eigenvalue weighted by atomic mass is 10.0. The second-order valence-corrected chi connectivity index (χ2v) is 11.4. The number of para-hydroxylation sites is 1. The number of hydrogen-bond donors (Lipinski definition) is 1. The van der Waals surface area contributed by atoms with Crippen molar-refractivity contribution in [2.45, 2.75) is 16.6 Å². The van der Waals surface area contributed by atoms with Gasteiger partial charge in [0, 0.05) is 18.1 Å². The van der Waals surface area contributed by atoms with E-state index in [9.17, 15) is 9.90 Å². The molecule has 0 amide bonds. The van der Waals surface area contributed by atoms with Crippen LogP contribution in [-0.2, 0) is 0 Å². The lowest BCUT2D eigenvalue weighted by molar-refractivity contribution is -0.0452. The molecule has 1 aromatic heterocycles. The number of alkyl halides is 1. The maximum atomic E-state index is 13.3. The van der Waals surface area contributed by atoms with Gasteiger partial charge in [0.2, 0.25) is 4.39 Å². The molecule has 5 nitrogen and oxygen atoms in total. The van der Waals surface area contributed by atoms with Crippen LogP contribution in [0.3, 0.4) is 0 Å². The largest absolute Gasteiger partial charge is 0.502 e. The van der Waals surface area contributed by atoms with E-state index in [1.165, 1.54) is 11.3 Å². The second-order valence-electron chi connectivity index (χ2n) is 7.52. The topological polar surface area (TPSA) is 65.0 Å². The van der Waals surface area contributed by atoms with E-state index in [0.717, 1.165) is 16.8 Å². The molecule has 0 saturated carbocycles. The number of halogens is 1. The molecule has 3 aromatic rings. The lowest BCUT2D eigenvalue weighted by Crippen LogP contribution is -2.41. The highest BCUT2D eigenvalue weighted by atomic mass is 35.5. The molecule has 34 heavy (non-hydrogen) atoms. The van der Waals surface area contributed by atoms with E-state index < -0.39 is 10.2 Å². The van der Waals surface area contributed by atoms with Crippen LogP contribution in [0.2, 0.25) is 0 Å². The van der Waals surface area contributed by atoms with Crippen molar-refractivity contribution in [1.82, 2.24) is 0 Å². The van der Waals surface area contributed by atoms with Gasteiger partial charge in [-0.15, -0.1) is 23.1 Å². The van der Waals surface area contributed by atoms with Gasteiger partial charge in [0.25, 0.3) is 5.79 Å². The van der Waals surface area contributed by atoms with Gasteiger partial charge in [-0.2, -0.15) is 0 Å². The van der Waals surface area contributed by atoms with Crippen molar-refractivity contribution in [3.05, 3.63) is 99.8 Å². The minimum Gasteiger partial charge on any atom is -0.502 e. The Balaban J connectivity index is 1.32. The first-order valence-electron chi connectivity index (χ1n) is 10.3. The Morgan fingerprint density at radius 1 is 1.00 bits per heavy atom. The van der Waals surface area contributed by atoms with Crippen LogP contribution in [0.5, 0.6) is 16.6 Å². The van der Waals surface area contributed by atoms with Crippen LogP contribution in [0.1, 0.15) is 22.3 Å². The third-order valence-corrected chi connectivity index (χ3v) is 8.09. The number of aliphatic hydroxyl groups excluding tert-OH is 1. The van der Waals surface area contributed by atoms with Gasteiger partial charge in [-0.1, -0.05) is 23.7 Å². The van der Waals surface area contributed by atoms with Crippen LogP contribution in [0.15, 0.2) is 88.7 Å². The van der Waals surface area contributed by atoms with E-state index in [2.05, 4.69) is 0 Å². The molecule has 2 aliphatic heterocycles. The maximum Gasteiger partial charge on any atom is 0.282 e. The quantitative estimate of drug-likeness (QED) is 0.187. The zero-order chi connectivity index (χ0) is 23.6. The van der Waals surface area contributed by atoms with Crippen molar-refractivity contribution in [3.8, 4) is 16.6 Å². The van der Waals surface area contributed by atoms with Crippen molar-refractivity contribution in [2.24, 2.45) is 0 Å². The molecule has 2 unspecified atom stereocenters. The molecule has 2 atom stereocenters. The molecule has 9 heteroatoms. The highest BCUT2D eigenvalue weighted by molar-refractivity contribution is 8.05. The average molecular weight is 531 g/mol. The number of aliphatic hydroxyl groups is 1. The summed E-state index contributed by atoms with van der Waals surface area (Å²) in [6.07, 6.45) is 3.81. The molecule has 174 valence electrons. The molecule has 2 aliphatic rings. The Morgan fingerprint density at radius 3 is 2.50 bits per heavy atom. The molecule has 3 heterocycles. The zero-order valence-corrected chi connectivity index (χ0v) is 20.9. The van der Waals surface area contributed by atoms with E-state index in [-0.39, 0.29) is 10.9 Å². The smallest absolute Gasteiger partial charge is 0.282 e. The van der Waals surface area contributed by atoms with Crippen molar-refractivity contribution < 1.29 is 24.1 Å². The molecule has 0 saturated heterocycles. The molecular weight excluding hydrogens is 512 g/mol. The minimum absolute atomic E-state index is 0.103. The van der Waals surface area contributed by atoms with Crippen molar-refractivity contribution in [3.63, 3.8) is 0 Å². The molecule has 0 aliphatic carbocycles. The fourth-order valence-electron chi connectivity index (χ4n) is 3.45. The zero-order valence-electron chi connectivity index (χ0n) is 17.7. The Kier molecular flexibility index (Phi) is 6.57. The first-order valence-corrected chi connectivity index (χ1v) is 13.5. The summed E-state index contributed by atoms with van der Waals surface area (Å²) >= 11 is 10.6. The standard InChI is InChI=1S/C25H19ClO5S3/c26-25(12-11-21(27)34-25)30-20-5-2-1-4-19(20)23(28)17-7-9-18(10-8-17)29-24(13-15-32-16-24)31-22-6-3-14-33-22/h1-11,13-15,27H,12,16H2. The summed E-state index contributed by atoms with van der Waals surface area (Å²) in [4.78, 5) is 13.3. The molecule has 1 N–H and O–H groups in total. The second kappa shape index (κ2) is 9.62. The molecule has 0 radical (unpaired) electrons. The van der Waals surface area contributed by atoms with Crippen molar-refractivity contribution in [2.75, 3.05) is 5.75 Å². The van der Waals surface area contributed by atoms with Gasteiger partial charge >= 0.3 is 0 Å². The molecule has 5 rings (SSSR count). The fraction of sp³-hybridized carbons (Fsp3) is 0.160. The van der Waals surface area contributed by atoms with Crippen LogP contribution in [0.4, 0.5) is 0 Å². The molecule has 0 bridgehead atoms. The van der Waals surface area contributed by atoms with Gasteiger partial charge < -0.3 is 19.3 Å².